The zero-order valence-corrected chi connectivity index (χ0v) is 14.7. The molecule has 0 bridgehead atoms. The fourth-order valence-corrected chi connectivity index (χ4v) is 2.92. The van der Waals surface area contributed by atoms with Crippen LogP contribution in [0.15, 0.2) is 42.5 Å². The Morgan fingerprint density at radius 3 is 2.00 bits per heavy atom. The number of carbonyl (C=O) groups is 3. The maximum Gasteiger partial charge on any atom is 0.318 e. The quantitative estimate of drug-likeness (QED) is 0.476. The fraction of sp³-hybridized carbons (Fsp3) is 0.350. The standard InChI is InChI=1S/C20H22O4/c1-19(2,17(22)20(3,4)18(23)24-5)16(21)15-11-10-13-8-6-7-9-14(13)12-15/h6-12H,1-5H3. The number of fused-ring (bicyclic) bond motifs is 1. The highest BCUT2D eigenvalue weighted by Gasteiger charge is 2.48. The Hall–Kier alpha value is -2.49. The number of Topliss-reactive ketones (excluding diaryl/α,β-unsaturated/α-hetero) is 2. The summed E-state index contributed by atoms with van der Waals surface area (Å²) < 4.78 is 4.70. The van der Waals surface area contributed by atoms with Crippen LogP contribution in [0.25, 0.3) is 10.8 Å². The van der Waals surface area contributed by atoms with Crippen molar-refractivity contribution in [3.8, 4) is 0 Å². The maximum atomic E-state index is 12.9. The molecular formula is C20H22O4. The first-order chi connectivity index (χ1) is 11.1. The molecular weight excluding hydrogens is 304 g/mol. The van der Waals surface area contributed by atoms with Crippen molar-refractivity contribution in [1.82, 2.24) is 0 Å². The third kappa shape index (κ3) is 2.96. The first kappa shape index (κ1) is 17.9. The summed E-state index contributed by atoms with van der Waals surface area (Å²) in [7, 11) is 1.23. The molecule has 0 unspecified atom stereocenters. The van der Waals surface area contributed by atoms with Crippen LogP contribution in [0.2, 0.25) is 0 Å². The Morgan fingerprint density at radius 2 is 1.42 bits per heavy atom. The van der Waals surface area contributed by atoms with E-state index in [9.17, 15) is 14.4 Å². The number of hydrogen-bond donors (Lipinski definition) is 0. The lowest BCUT2D eigenvalue weighted by atomic mass is 9.70. The largest absolute Gasteiger partial charge is 0.468 e. The van der Waals surface area contributed by atoms with Crippen molar-refractivity contribution >= 4 is 28.3 Å². The Morgan fingerprint density at radius 1 is 0.833 bits per heavy atom. The van der Waals surface area contributed by atoms with E-state index in [1.165, 1.54) is 21.0 Å². The van der Waals surface area contributed by atoms with Gasteiger partial charge in [0.15, 0.2) is 11.6 Å². The van der Waals surface area contributed by atoms with Crippen molar-refractivity contribution in [1.29, 1.82) is 0 Å². The van der Waals surface area contributed by atoms with E-state index in [0.29, 0.717) is 5.56 Å². The summed E-state index contributed by atoms with van der Waals surface area (Å²) in [5.74, 6) is -1.41. The summed E-state index contributed by atoms with van der Waals surface area (Å²) in [5.41, 5.74) is -2.27. The van der Waals surface area contributed by atoms with Gasteiger partial charge in [-0.05, 0) is 44.5 Å². The first-order valence-electron chi connectivity index (χ1n) is 7.79. The summed E-state index contributed by atoms with van der Waals surface area (Å²) in [5, 5.41) is 1.95. The molecule has 4 nitrogen and oxygen atoms in total. The molecule has 2 aromatic rings. The van der Waals surface area contributed by atoms with E-state index < -0.39 is 22.6 Å². The van der Waals surface area contributed by atoms with E-state index in [1.807, 2.05) is 30.3 Å². The summed E-state index contributed by atoms with van der Waals surface area (Å²) >= 11 is 0. The van der Waals surface area contributed by atoms with Crippen LogP contribution >= 0.6 is 0 Å². The predicted octanol–water partition coefficient (Wildman–Crippen LogP) is 3.82. The number of methoxy groups -OCH3 is 1. The number of benzene rings is 2. The monoisotopic (exact) mass is 326 g/mol. The van der Waals surface area contributed by atoms with E-state index in [1.54, 1.807) is 26.0 Å². The average Bonchev–Trinajstić information content (AvgIpc) is 2.58. The van der Waals surface area contributed by atoms with Crippen LogP contribution in [-0.4, -0.2) is 24.6 Å². The molecule has 2 aromatic carbocycles. The number of esters is 1. The van der Waals surface area contributed by atoms with Gasteiger partial charge in [0, 0.05) is 5.56 Å². The second-order valence-corrected chi connectivity index (χ2v) is 6.96. The van der Waals surface area contributed by atoms with Crippen molar-refractivity contribution in [3.05, 3.63) is 48.0 Å². The van der Waals surface area contributed by atoms with Gasteiger partial charge in [-0.2, -0.15) is 0 Å². The van der Waals surface area contributed by atoms with Crippen LogP contribution in [0.3, 0.4) is 0 Å². The lowest BCUT2D eigenvalue weighted by Crippen LogP contribution is -2.46. The fourth-order valence-electron chi connectivity index (χ4n) is 2.92. The Labute approximate surface area is 141 Å². The van der Waals surface area contributed by atoms with Gasteiger partial charge in [-0.1, -0.05) is 36.4 Å². The third-order valence-electron chi connectivity index (χ3n) is 4.41. The molecule has 24 heavy (non-hydrogen) atoms. The zero-order chi connectivity index (χ0) is 18.1. The number of ether oxygens (including phenoxy) is 1. The van der Waals surface area contributed by atoms with Crippen LogP contribution in [-0.2, 0) is 14.3 Å². The SMILES string of the molecule is COC(=O)C(C)(C)C(=O)C(C)(C)C(=O)c1ccc2ccccc2c1. The van der Waals surface area contributed by atoms with E-state index in [-0.39, 0.29) is 5.78 Å². The van der Waals surface area contributed by atoms with Gasteiger partial charge in [0.25, 0.3) is 0 Å². The summed E-state index contributed by atoms with van der Waals surface area (Å²) in [6, 6.07) is 13.0. The number of ketones is 2. The Balaban J connectivity index is 2.41. The maximum absolute atomic E-state index is 12.9. The van der Waals surface area contributed by atoms with Gasteiger partial charge in [-0.3, -0.25) is 14.4 Å². The van der Waals surface area contributed by atoms with Gasteiger partial charge in [0.05, 0.1) is 12.5 Å². The topological polar surface area (TPSA) is 60.4 Å². The molecule has 0 saturated carbocycles. The molecule has 0 heterocycles. The molecule has 0 spiro atoms. The van der Waals surface area contributed by atoms with Gasteiger partial charge < -0.3 is 4.74 Å². The molecule has 126 valence electrons. The van der Waals surface area contributed by atoms with Crippen molar-refractivity contribution in [2.75, 3.05) is 7.11 Å². The first-order valence-corrected chi connectivity index (χ1v) is 7.79. The van der Waals surface area contributed by atoms with Crippen LogP contribution in [0.4, 0.5) is 0 Å². The minimum atomic E-state index is -1.38. The molecule has 0 saturated heterocycles. The normalized spacial score (nSPS) is 12.0. The van der Waals surface area contributed by atoms with E-state index >= 15 is 0 Å². The van der Waals surface area contributed by atoms with Crippen molar-refractivity contribution in [2.24, 2.45) is 10.8 Å². The molecule has 0 aliphatic heterocycles. The zero-order valence-electron chi connectivity index (χ0n) is 14.7. The number of carbonyl (C=O) groups excluding carboxylic acids is 3. The molecule has 0 amide bonds. The minimum absolute atomic E-state index is 0.310. The molecule has 0 N–H and O–H groups in total. The van der Waals surface area contributed by atoms with Gasteiger partial charge in [0.1, 0.15) is 5.41 Å². The number of hydrogen-bond acceptors (Lipinski definition) is 4. The summed E-state index contributed by atoms with van der Waals surface area (Å²) in [6.07, 6.45) is 0. The summed E-state index contributed by atoms with van der Waals surface area (Å²) in [6.45, 7) is 6.07. The highest BCUT2D eigenvalue weighted by Crippen LogP contribution is 2.34. The lowest BCUT2D eigenvalue weighted by Gasteiger charge is -2.30. The molecule has 0 aliphatic carbocycles. The molecule has 0 aromatic heterocycles. The van der Waals surface area contributed by atoms with Gasteiger partial charge in [0.2, 0.25) is 0 Å². The van der Waals surface area contributed by atoms with Crippen molar-refractivity contribution in [2.45, 2.75) is 27.7 Å². The smallest absolute Gasteiger partial charge is 0.318 e. The Kier molecular flexibility index (Phi) is 4.61. The minimum Gasteiger partial charge on any atom is -0.468 e. The Bertz CT molecular complexity index is 815. The molecule has 0 fully saturated rings. The van der Waals surface area contributed by atoms with Crippen LogP contribution in [0.1, 0.15) is 38.1 Å². The highest BCUT2D eigenvalue weighted by molar-refractivity contribution is 6.20. The third-order valence-corrected chi connectivity index (χ3v) is 4.41. The molecule has 0 atom stereocenters. The molecule has 0 aliphatic rings. The number of rotatable bonds is 5. The van der Waals surface area contributed by atoms with Crippen LogP contribution in [0.5, 0.6) is 0 Å². The van der Waals surface area contributed by atoms with Crippen molar-refractivity contribution < 1.29 is 19.1 Å². The van der Waals surface area contributed by atoms with Gasteiger partial charge in [-0.15, -0.1) is 0 Å². The van der Waals surface area contributed by atoms with E-state index in [2.05, 4.69) is 0 Å². The summed E-state index contributed by atoms with van der Waals surface area (Å²) in [4.78, 5) is 37.7. The molecule has 0 radical (unpaired) electrons. The molecule has 4 heteroatoms. The van der Waals surface area contributed by atoms with E-state index in [4.69, 9.17) is 4.74 Å². The van der Waals surface area contributed by atoms with Gasteiger partial charge in [-0.25, -0.2) is 0 Å². The lowest BCUT2D eigenvalue weighted by molar-refractivity contribution is -0.157. The molecule has 2 rings (SSSR count). The van der Waals surface area contributed by atoms with Crippen LogP contribution in [0, 0.1) is 10.8 Å². The van der Waals surface area contributed by atoms with Crippen LogP contribution < -0.4 is 0 Å². The van der Waals surface area contributed by atoms with Crippen molar-refractivity contribution in [3.63, 3.8) is 0 Å². The predicted molar refractivity (Wildman–Crippen MR) is 92.9 cm³/mol. The highest BCUT2D eigenvalue weighted by atomic mass is 16.5. The van der Waals surface area contributed by atoms with Gasteiger partial charge >= 0.3 is 5.97 Å². The second-order valence-electron chi connectivity index (χ2n) is 6.96. The van der Waals surface area contributed by atoms with E-state index in [0.717, 1.165) is 10.8 Å². The average molecular weight is 326 g/mol. The second kappa shape index (κ2) is 6.19.